The lowest BCUT2D eigenvalue weighted by Gasteiger charge is -2.28. The third kappa shape index (κ3) is 2.17. The molecule has 1 unspecified atom stereocenters. The summed E-state index contributed by atoms with van der Waals surface area (Å²) >= 11 is 0. The maximum atomic E-state index is 9.63. The van der Waals surface area contributed by atoms with Crippen molar-refractivity contribution in [2.24, 2.45) is 5.41 Å². The van der Waals surface area contributed by atoms with Crippen LogP contribution in [0.25, 0.3) is 0 Å². The fourth-order valence-electron chi connectivity index (χ4n) is 3.47. The van der Waals surface area contributed by atoms with Gasteiger partial charge in [0.25, 0.3) is 0 Å². The SMILES string of the molecule is OCC1(CNC2CCc3cccnc32)CCCC1. The average Bonchev–Trinajstić information content (AvgIpc) is 3.04. The Morgan fingerprint density at radius 2 is 2.22 bits per heavy atom. The van der Waals surface area contributed by atoms with Crippen LogP contribution in [0.4, 0.5) is 0 Å². The molecule has 18 heavy (non-hydrogen) atoms. The van der Waals surface area contributed by atoms with E-state index in [9.17, 15) is 5.11 Å². The van der Waals surface area contributed by atoms with Crippen molar-refractivity contribution in [1.29, 1.82) is 0 Å². The summed E-state index contributed by atoms with van der Waals surface area (Å²) in [6, 6.07) is 4.60. The molecule has 0 aromatic carbocycles. The van der Waals surface area contributed by atoms with Crippen molar-refractivity contribution >= 4 is 0 Å². The zero-order valence-electron chi connectivity index (χ0n) is 10.9. The molecule has 2 aliphatic rings. The lowest BCUT2D eigenvalue weighted by atomic mass is 9.87. The van der Waals surface area contributed by atoms with Crippen molar-refractivity contribution in [2.75, 3.05) is 13.2 Å². The molecule has 3 rings (SSSR count). The van der Waals surface area contributed by atoms with Crippen molar-refractivity contribution in [3.8, 4) is 0 Å². The number of aryl methyl sites for hydroxylation is 1. The quantitative estimate of drug-likeness (QED) is 0.856. The van der Waals surface area contributed by atoms with Gasteiger partial charge >= 0.3 is 0 Å². The Morgan fingerprint density at radius 3 is 3.00 bits per heavy atom. The van der Waals surface area contributed by atoms with Gasteiger partial charge in [0.2, 0.25) is 0 Å². The highest BCUT2D eigenvalue weighted by molar-refractivity contribution is 5.27. The van der Waals surface area contributed by atoms with Crippen molar-refractivity contribution in [2.45, 2.75) is 44.6 Å². The first-order chi connectivity index (χ1) is 8.83. The zero-order chi connectivity index (χ0) is 12.4. The van der Waals surface area contributed by atoms with E-state index >= 15 is 0 Å². The first kappa shape index (κ1) is 12.1. The second-order valence-corrected chi connectivity index (χ2v) is 5.89. The summed E-state index contributed by atoms with van der Waals surface area (Å²) in [6.07, 6.45) is 9.02. The molecule has 1 aromatic rings. The fourth-order valence-corrected chi connectivity index (χ4v) is 3.47. The molecule has 2 N–H and O–H groups in total. The maximum Gasteiger partial charge on any atom is 0.0605 e. The maximum absolute atomic E-state index is 9.63. The summed E-state index contributed by atoms with van der Waals surface area (Å²) in [5.74, 6) is 0. The Bertz CT molecular complexity index is 413. The first-order valence-electron chi connectivity index (χ1n) is 7.11. The van der Waals surface area contributed by atoms with E-state index in [2.05, 4.69) is 16.4 Å². The molecule has 1 saturated carbocycles. The normalized spacial score (nSPS) is 25.3. The number of hydrogen-bond acceptors (Lipinski definition) is 3. The molecule has 1 heterocycles. The number of aliphatic hydroxyl groups excluding tert-OH is 1. The van der Waals surface area contributed by atoms with Crippen molar-refractivity contribution < 1.29 is 5.11 Å². The van der Waals surface area contributed by atoms with Crippen LogP contribution in [-0.4, -0.2) is 23.2 Å². The Morgan fingerprint density at radius 1 is 1.39 bits per heavy atom. The Labute approximate surface area is 109 Å². The van der Waals surface area contributed by atoms with E-state index in [0.29, 0.717) is 12.6 Å². The van der Waals surface area contributed by atoms with Crippen molar-refractivity contribution in [3.05, 3.63) is 29.6 Å². The van der Waals surface area contributed by atoms with E-state index < -0.39 is 0 Å². The summed E-state index contributed by atoms with van der Waals surface area (Å²) in [6.45, 7) is 1.26. The molecule has 98 valence electrons. The molecule has 1 atom stereocenters. The number of aliphatic hydroxyl groups is 1. The van der Waals surface area contributed by atoms with E-state index in [1.165, 1.54) is 24.1 Å². The monoisotopic (exact) mass is 246 g/mol. The van der Waals surface area contributed by atoms with Crippen LogP contribution < -0.4 is 5.32 Å². The second kappa shape index (κ2) is 4.98. The molecule has 0 saturated heterocycles. The molecular formula is C15H22N2O. The van der Waals surface area contributed by atoms with Gasteiger partial charge in [0.1, 0.15) is 0 Å². The smallest absolute Gasteiger partial charge is 0.0605 e. The van der Waals surface area contributed by atoms with Crippen LogP contribution in [0.2, 0.25) is 0 Å². The molecule has 2 aliphatic carbocycles. The molecule has 0 bridgehead atoms. The predicted molar refractivity (Wildman–Crippen MR) is 71.3 cm³/mol. The summed E-state index contributed by atoms with van der Waals surface area (Å²) < 4.78 is 0. The van der Waals surface area contributed by atoms with E-state index in [0.717, 1.165) is 32.2 Å². The molecule has 0 spiro atoms. The van der Waals surface area contributed by atoms with Crippen LogP contribution in [0.3, 0.4) is 0 Å². The van der Waals surface area contributed by atoms with Gasteiger partial charge in [-0.1, -0.05) is 18.9 Å². The largest absolute Gasteiger partial charge is 0.396 e. The summed E-state index contributed by atoms with van der Waals surface area (Å²) in [5, 5.41) is 13.3. The Balaban J connectivity index is 1.65. The van der Waals surface area contributed by atoms with Crippen molar-refractivity contribution in [1.82, 2.24) is 10.3 Å². The number of nitrogens with zero attached hydrogens (tertiary/aromatic N) is 1. The average molecular weight is 246 g/mol. The van der Waals surface area contributed by atoms with Crippen molar-refractivity contribution in [3.63, 3.8) is 0 Å². The van der Waals surface area contributed by atoms with Crippen LogP contribution in [0.1, 0.15) is 49.4 Å². The van der Waals surface area contributed by atoms with Gasteiger partial charge in [-0.05, 0) is 37.3 Å². The van der Waals surface area contributed by atoms with Crippen LogP contribution >= 0.6 is 0 Å². The van der Waals surface area contributed by atoms with Crippen LogP contribution in [-0.2, 0) is 6.42 Å². The minimum absolute atomic E-state index is 0.136. The molecular weight excluding hydrogens is 224 g/mol. The van der Waals surface area contributed by atoms with E-state index in [1.807, 2.05) is 12.3 Å². The number of aromatic nitrogens is 1. The highest BCUT2D eigenvalue weighted by atomic mass is 16.3. The number of hydrogen-bond donors (Lipinski definition) is 2. The van der Waals surface area contributed by atoms with Gasteiger partial charge in [0.15, 0.2) is 0 Å². The molecule has 0 amide bonds. The van der Waals surface area contributed by atoms with Gasteiger partial charge in [-0.25, -0.2) is 0 Å². The topological polar surface area (TPSA) is 45.1 Å². The molecule has 3 heteroatoms. The molecule has 0 radical (unpaired) electrons. The predicted octanol–water partition coefficient (Wildman–Crippen LogP) is 2.21. The fraction of sp³-hybridized carbons (Fsp3) is 0.667. The van der Waals surface area contributed by atoms with Gasteiger partial charge in [0, 0.05) is 24.8 Å². The lowest BCUT2D eigenvalue weighted by Crippen LogP contribution is -2.36. The van der Waals surface area contributed by atoms with Crippen LogP contribution in [0, 0.1) is 5.41 Å². The Hall–Kier alpha value is -0.930. The molecule has 0 aliphatic heterocycles. The summed E-state index contributed by atoms with van der Waals surface area (Å²) in [7, 11) is 0. The van der Waals surface area contributed by atoms with E-state index in [1.54, 1.807) is 0 Å². The first-order valence-corrected chi connectivity index (χ1v) is 7.11. The van der Waals surface area contributed by atoms with E-state index in [-0.39, 0.29) is 5.41 Å². The Kier molecular flexibility index (Phi) is 3.35. The number of fused-ring (bicyclic) bond motifs is 1. The third-order valence-electron chi connectivity index (χ3n) is 4.68. The summed E-state index contributed by atoms with van der Waals surface area (Å²) in [5.41, 5.74) is 2.75. The lowest BCUT2D eigenvalue weighted by molar-refractivity contribution is 0.124. The highest BCUT2D eigenvalue weighted by Crippen LogP contribution is 2.38. The summed E-state index contributed by atoms with van der Waals surface area (Å²) in [4.78, 5) is 4.51. The molecule has 3 nitrogen and oxygen atoms in total. The number of rotatable bonds is 4. The minimum atomic E-state index is 0.136. The third-order valence-corrected chi connectivity index (χ3v) is 4.68. The standard InChI is InChI=1S/C15H22N2O/c18-11-15(7-1-2-8-15)10-17-13-6-5-12-4-3-9-16-14(12)13/h3-4,9,13,17-18H,1-2,5-8,10-11H2. The van der Waals surface area contributed by atoms with Gasteiger partial charge in [0.05, 0.1) is 11.7 Å². The number of nitrogens with one attached hydrogen (secondary N) is 1. The second-order valence-electron chi connectivity index (χ2n) is 5.89. The minimum Gasteiger partial charge on any atom is -0.396 e. The van der Waals surface area contributed by atoms with Gasteiger partial charge in [-0.15, -0.1) is 0 Å². The zero-order valence-corrected chi connectivity index (χ0v) is 10.9. The van der Waals surface area contributed by atoms with Crippen LogP contribution in [0.15, 0.2) is 18.3 Å². The number of pyridine rings is 1. The van der Waals surface area contributed by atoms with Gasteiger partial charge in [-0.3, -0.25) is 4.98 Å². The molecule has 1 aromatic heterocycles. The van der Waals surface area contributed by atoms with Gasteiger partial charge < -0.3 is 10.4 Å². The van der Waals surface area contributed by atoms with Gasteiger partial charge in [-0.2, -0.15) is 0 Å². The van der Waals surface area contributed by atoms with E-state index in [4.69, 9.17) is 0 Å². The molecule has 1 fully saturated rings. The van der Waals surface area contributed by atoms with Crippen LogP contribution in [0.5, 0.6) is 0 Å². The highest BCUT2D eigenvalue weighted by Gasteiger charge is 2.34.